The first-order valence-corrected chi connectivity index (χ1v) is 9.33. The molecule has 0 fully saturated rings. The molecule has 1 atom stereocenters. The molecule has 29 heavy (non-hydrogen) atoms. The summed E-state index contributed by atoms with van der Waals surface area (Å²) in [7, 11) is 1.29. The molecule has 2 aromatic rings. The van der Waals surface area contributed by atoms with Gasteiger partial charge >= 0.3 is 11.9 Å². The second-order valence-corrected chi connectivity index (χ2v) is 6.89. The molecule has 1 heterocycles. The molecule has 0 saturated heterocycles. The van der Waals surface area contributed by atoms with Crippen LogP contribution in [0.3, 0.4) is 0 Å². The van der Waals surface area contributed by atoms with E-state index in [-0.39, 0.29) is 6.54 Å². The SMILES string of the molecule is COC(=O)[C@@H]1Cc2ccccc2CN1C(=O)COC(=O)/C=C/c1cccc(C)c1. The minimum Gasteiger partial charge on any atom is -0.467 e. The van der Waals surface area contributed by atoms with Crippen LogP contribution < -0.4 is 0 Å². The second-order valence-electron chi connectivity index (χ2n) is 6.89. The maximum absolute atomic E-state index is 12.7. The quantitative estimate of drug-likeness (QED) is 0.577. The Labute approximate surface area is 169 Å². The van der Waals surface area contributed by atoms with E-state index in [4.69, 9.17) is 9.47 Å². The van der Waals surface area contributed by atoms with Gasteiger partial charge in [0.25, 0.3) is 5.91 Å². The molecule has 0 unspecified atom stereocenters. The maximum Gasteiger partial charge on any atom is 0.331 e. The summed E-state index contributed by atoms with van der Waals surface area (Å²) in [4.78, 5) is 38.3. The van der Waals surface area contributed by atoms with Gasteiger partial charge in [0.1, 0.15) is 6.04 Å². The van der Waals surface area contributed by atoms with Crippen molar-refractivity contribution >= 4 is 23.9 Å². The highest BCUT2D eigenvalue weighted by Gasteiger charge is 2.35. The summed E-state index contributed by atoms with van der Waals surface area (Å²) in [6.07, 6.45) is 3.29. The van der Waals surface area contributed by atoms with Crippen molar-refractivity contribution in [1.82, 2.24) is 4.90 Å². The second kappa shape index (κ2) is 9.19. The van der Waals surface area contributed by atoms with Crippen LogP contribution in [0.25, 0.3) is 6.08 Å². The predicted molar refractivity (Wildman–Crippen MR) is 108 cm³/mol. The van der Waals surface area contributed by atoms with Crippen LogP contribution in [0.4, 0.5) is 0 Å². The molecule has 0 radical (unpaired) electrons. The molecule has 150 valence electrons. The summed E-state index contributed by atoms with van der Waals surface area (Å²) in [6.45, 7) is 1.79. The Hall–Kier alpha value is -3.41. The van der Waals surface area contributed by atoms with Gasteiger partial charge in [-0.1, -0.05) is 54.1 Å². The minimum absolute atomic E-state index is 0.269. The van der Waals surface area contributed by atoms with Crippen molar-refractivity contribution < 1.29 is 23.9 Å². The standard InChI is InChI=1S/C23H23NO5/c1-16-6-5-7-17(12-16)10-11-22(26)29-15-21(25)24-14-19-9-4-3-8-18(19)13-20(24)23(27)28-2/h3-12,20H,13-15H2,1-2H3/b11-10+/t20-/m0/s1. The molecule has 6 nitrogen and oxygen atoms in total. The van der Waals surface area contributed by atoms with Crippen molar-refractivity contribution in [2.45, 2.75) is 25.9 Å². The maximum atomic E-state index is 12.7. The number of benzene rings is 2. The molecule has 0 spiro atoms. The largest absolute Gasteiger partial charge is 0.467 e. The number of amides is 1. The molecule has 1 amide bonds. The first-order chi connectivity index (χ1) is 14.0. The number of rotatable bonds is 5. The highest BCUT2D eigenvalue weighted by molar-refractivity contribution is 5.90. The number of nitrogens with zero attached hydrogens (tertiary/aromatic N) is 1. The Morgan fingerprint density at radius 2 is 1.86 bits per heavy atom. The van der Waals surface area contributed by atoms with Gasteiger partial charge in [0.15, 0.2) is 6.61 Å². The molecule has 3 rings (SSSR count). The minimum atomic E-state index is -0.732. The van der Waals surface area contributed by atoms with Gasteiger partial charge in [-0.25, -0.2) is 9.59 Å². The van der Waals surface area contributed by atoms with Gasteiger partial charge < -0.3 is 14.4 Å². The number of esters is 2. The molecule has 0 aromatic heterocycles. The van der Waals surface area contributed by atoms with Crippen molar-refractivity contribution in [3.05, 3.63) is 76.9 Å². The van der Waals surface area contributed by atoms with E-state index in [1.807, 2.05) is 55.5 Å². The van der Waals surface area contributed by atoms with Crippen molar-refractivity contribution in [3.8, 4) is 0 Å². The predicted octanol–water partition coefficient (Wildman–Crippen LogP) is 2.68. The zero-order valence-electron chi connectivity index (χ0n) is 16.5. The molecule has 2 aromatic carbocycles. The number of carbonyl (C=O) groups excluding carboxylic acids is 3. The van der Waals surface area contributed by atoms with Gasteiger partial charge in [0.2, 0.25) is 0 Å². The van der Waals surface area contributed by atoms with E-state index >= 15 is 0 Å². The fraction of sp³-hybridized carbons (Fsp3) is 0.261. The van der Waals surface area contributed by atoms with Gasteiger partial charge in [0.05, 0.1) is 7.11 Å². The third kappa shape index (κ3) is 5.10. The molecule has 0 saturated carbocycles. The molecule has 0 bridgehead atoms. The topological polar surface area (TPSA) is 72.9 Å². The molecule has 1 aliphatic heterocycles. The van der Waals surface area contributed by atoms with Gasteiger partial charge in [-0.2, -0.15) is 0 Å². The van der Waals surface area contributed by atoms with Crippen LogP contribution in [0.5, 0.6) is 0 Å². The average Bonchev–Trinajstić information content (AvgIpc) is 2.74. The van der Waals surface area contributed by atoms with Crippen molar-refractivity contribution in [1.29, 1.82) is 0 Å². The van der Waals surface area contributed by atoms with Crippen LogP contribution in [0, 0.1) is 6.92 Å². The van der Waals surface area contributed by atoms with Crippen molar-refractivity contribution in [2.24, 2.45) is 0 Å². The lowest BCUT2D eigenvalue weighted by molar-refractivity contribution is -0.158. The molecule has 0 aliphatic carbocycles. The summed E-state index contributed by atoms with van der Waals surface area (Å²) < 4.78 is 9.95. The monoisotopic (exact) mass is 393 g/mol. The number of aryl methyl sites for hydroxylation is 1. The van der Waals surface area contributed by atoms with Gasteiger partial charge in [-0.3, -0.25) is 4.79 Å². The number of ether oxygens (including phenoxy) is 2. The van der Waals surface area contributed by atoms with E-state index < -0.39 is 30.5 Å². The number of hydrogen-bond donors (Lipinski definition) is 0. The van der Waals surface area contributed by atoms with Gasteiger partial charge in [-0.05, 0) is 29.7 Å². The normalized spacial score (nSPS) is 15.7. The third-order valence-corrected chi connectivity index (χ3v) is 4.83. The van der Waals surface area contributed by atoms with Crippen molar-refractivity contribution in [2.75, 3.05) is 13.7 Å². The number of methoxy groups -OCH3 is 1. The first-order valence-electron chi connectivity index (χ1n) is 9.33. The molecule has 1 aliphatic rings. The van der Waals surface area contributed by atoms with Crippen LogP contribution in [-0.4, -0.2) is 42.5 Å². The summed E-state index contributed by atoms with van der Waals surface area (Å²) in [6, 6.07) is 14.6. The number of carbonyl (C=O) groups is 3. The number of hydrogen-bond acceptors (Lipinski definition) is 5. The lowest BCUT2D eigenvalue weighted by Gasteiger charge is -2.35. The third-order valence-electron chi connectivity index (χ3n) is 4.83. The highest BCUT2D eigenvalue weighted by atomic mass is 16.5. The number of fused-ring (bicyclic) bond motifs is 1. The molecule has 0 N–H and O–H groups in total. The van der Waals surface area contributed by atoms with Crippen LogP contribution in [0.1, 0.15) is 22.3 Å². The Kier molecular flexibility index (Phi) is 6.44. The van der Waals surface area contributed by atoms with E-state index in [2.05, 4.69) is 0 Å². The fourth-order valence-corrected chi connectivity index (χ4v) is 3.33. The first kappa shape index (κ1) is 20.3. The van der Waals surface area contributed by atoms with Crippen molar-refractivity contribution in [3.63, 3.8) is 0 Å². The average molecular weight is 393 g/mol. The van der Waals surface area contributed by atoms with Crippen LogP contribution in [-0.2, 0) is 36.8 Å². The van der Waals surface area contributed by atoms with E-state index in [0.717, 1.165) is 22.3 Å². The van der Waals surface area contributed by atoms with Crippen LogP contribution >= 0.6 is 0 Å². The molecule has 6 heteroatoms. The lowest BCUT2D eigenvalue weighted by Crippen LogP contribution is -2.50. The van der Waals surface area contributed by atoms with E-state index in [1.165, 1.54) is 18.1 Å². The Morgan fingerprint density at radius 1 is 1.10 bits per heavy atom. The molecular weight excluding hydrogens is 370 g/mol. The van der Waals surface area contributed by atoms with Gasteiger partial charge in [-0.15, -0.1) is 0 Å². The van der Waals surface area contributed by atoms with Crippen LogP contribution in [0.2, 0.25) is 0 Å². The lowest BCUT2D eigenvalue weighted by atomic mass is 9.94. The summed E-state index contributed by atoms with van der Waals surface area (Å²) in [5.74, 6) is -1.54. The summed E-state index contributed by atoms with van der Waals surface area (Å²) >= 11 is 0. The van der Waals surface area contributed by atoms with E-state index in [1.54, 1.807) is 6.08 Å². The smallest absolute Gasteiger partial charge is 0.331 e. The molecular formula is C23H23NO5. The highest BCUT2D eigenvalue weighted by Crippen LogP contribution is 2.24. The van der Waals surface area contributed by atoms with E-state index in [0.29, 0.717) is 6.42 Å². The Morgan fingerprint density at radius 3 is 2.59 bits per heavy atom. The van der Waals surface area contributed by atoms with Crippen LogP contribution in [0.15, 0.2) is 54.6 Å². The summed E-state index contributed by atoms with van der Waals surface area (Å²) in [5.41, 5.74) is 3.92. The summed E-state index contributed by atoms with van der Waals surface area (Å²) in [5, 5.41) is 0. The van der Waals surface area contributed by atoms with E-state index in [9.17, 15) is 14.4 Å². The zero-order chi connectivity index (χ0) is 20.8. The zero-order valence-corrected chi connectivity index (χ0v) is 16.5. The Balaban J connectivity index is 1.63. The van der Waals surface area contributed by atoms with Gasteiger partial charge in [0, 0.05) is 19.0 Å². The fourth-order valence-electron chi connectivity index (χ4n) is 3.33. The Bertz CT molecular complexity index is 950.